The monoisotopic (exact) mass is 210 g/mol. The van der Waals surface area contributed by atoms with Gasteiger partial charge in [0, 0.05) is 12.0 Å². The third-order valence-electron chi connectivity index (χ3n) is 1.81. The minimum atomic E-state index is -0.408. The van der Waals surface area contributed by atoms with Crippen molar-refractivity contribution < 1.29 is 4.39 Å². The van der Waals surface area contributed by atoms with Crippen LogP contribution in [0, 0.1) is 17.7 Å². The van der Waals surface area contributed by atoms with Crippen LogP contribution >= 0.6 is 11.6 Å². The zero-order valence-corrected chi connectivity index (χ0v) is 8.87. The van der Waals surface area contributed by atoms with Crippen molar-refractivity contribution in [1.82, 2.24) is 0 Å². The van der Waals surface area contributed by atoms with Gasteiger partial charge in [0.2, 0.25) is 0 Å². The van der Waals surface area contributed by atoms with Crippen LogP contribution in [-0.4, -0.2) is 0 Å². The van der Waals surface area contributed by atoms with Gasteiger partial charge in [0.05, 0.1) is 5.02 Å². The summed E-state index contributed by atoms with van der Waals surface area (Å²) in [4.78, 5) is 0. The van der Waals surface area contributed by atoms with Crippen LogP contribution < -0.4 is 0 Å². The van der Waals surface area contributed by atoms with Gasteiger partial charge in [-0.05, 0) is 24.6 Å². The van der Waals surface area contributed by atoms with E-state index in [1.165, 1.54) is 12.1 Å². The largest absolute Gasteiger partial charge is 0.205 e. The number of benzene rings is 1. The van der Waals surface area contributed by atoms with Gasteiger partial charge in [0.1, 0.15) is 5.82 Å². The summed E-state index contributed by atoms with van der Waals surface area (Å²) in [7, 11) is 0. The predicted molar refractivity (Wildman–Crippen MR) is 57.8 cm³/mol. The first-order chi connectivity index (χ1) is 6.74. The van der Waals surface area contributed by atoms with Crippen LogP contribution in [0.1, 0.15) is 31.7 Å². The first kappa shape index (κ1) is 11.1. The van der Waals surface area contributed by atoms with Crippen molar-refractivity contribution in [3.8, 4) is 11.8 Å². The Morgan fingerprint density at radius 3 is 2.86 bits per heavy atom. The van der Waals surface area contributed by atoms with E-state index in [-0.39, 0.29) is 5.02 Å². The van der Waals surface area contributed by atoms with E-state index in [9.17, 15) is 4.39 Å². The molecule has 1 aromatic carbocycles. The highest BCUT2D eigenvalue weighted by Gasteiger charge is 1.97. The second-order valence-corrected chi connectivity index (χ2v) is 3.44. The molecule has 0 aliphatic heterocycles. The molecule has 0 saturated heterocycles. The van der Waals surface area contributed by atoms with Gasteiger partial charge in [-0.2, -0.15) is 0 Å². The summed E-state index contributed by atoms with van der Waals surface area (Å²) in [6.07, 6.45) is 3.08. The van der Waals surface area contributed by atoms with Crippen LogP contribution in [0.25, 0.3) is 0 Å². The summed E-state index contributed by atoms with van der Waals surface area (Å²) in [6, 6.07) is 4.62. The third kappa shape index (κ3) is 3.40. The van der Waals surface area contributed by atoms with Gasteiger partial charge in [0.15, 0.2) is 0 Å². The minimum Gasteiger partial charge on any atom is -0.205 e. The molecule has 0 bridgehead atoms. The Kier molecular flexibility index (Phi) is 4.49. The van der Waals surface area contributed by atoms with Crippen LogP contribution in [-0.2, 0) is 0 Å². The Hall–Kier alpha value is -1.00. The standard InChI is InChI=1S/C12H12ClF/c1-2-3-4-5-6-10-7-8-11(13)12(14)9-10/h7-9H,2-4H2,1H3. The number of halogens is 2. The summed E-state index contributed by atoms with van der Waals surface area (Å²) in [5, 5.41) is 0.143. The van der Waals surface area contributed by atoms with Crippen molar-refractivity contribution >= 4 is 11.6 Å². The number of hydrogen-bond donors (Lipinski definition) is 0. The number of unbranched alkanes of at least 4 members (excludes halogenated alkanes) is 2. The quantitative estimate of drug-likeness (QED) is 0.511. The summed E-state index contributed by atoms with van der Waals surface area (Å²) in [5.74, 6) is 5.48. The summed E-state index contributed by atoms with van der Waals surface area (Å²) >= 11 is 5.54. The van der Waals surface area contributed by atoms with Crippen molar-refractivity contribution in [2.45, 2.75) is 26.2 Å². The molecule has 0 radical (unpaired) electrons. The fraction of sp³-hybridized carbons (Fsp3) is 0.333. The molecule has 0 aromatic heterocycles. The molecule has 0 amide bonds. The van der Waals surface area contributed by atoms with Crippen LogP contribution in [0.2, 0.25) is 5.02 Å². The summed E-state index contributed by atoms with van der Waals surface area (Å²) in [5.41, 5.74) is 0.683. The second-order valence-electron chi connectivity index (χ2n) is 3.03. The van der Waals surface area contributed by atoms with Crippen molar-refractivity contribution in [2.75, 3.05) is 0 Å². The van der Waals surface area contributed by atoms with E-state index in [2.05, 4.69) is 18.8 Å². The highest BCUT2D eigenvalue weighted by molar-refractivity contribution is 6.30. The lowest BCUT2D eigenvalue weighted by Gasteiger charge is -1.93. The SMILES string of the molecule is CCCCC#Cc1ccc(Cl)c(F)c1. The van der Waals surface area contributed by atoms with Crippen LogP contribution in [0.15, 0.2) is 18.2 Å². The molecule has 1 rings (SSSR count). The lowest BCUT2D eigenvalue weighted by atomic mass is 10.2. The second kappa shape index (κ2) is 5.67. The Bertz CT molecular complexity index is 360. The molecule has 74 valence electrons. The molecule has 14 heavy (non-hydrogen) atoms. The molecule has 2 heteroatoms. The Labute approximate surface area is 89.1 Å². The Morgan fingerprint density at radius 2 is 2.21 bits per heavy atom. The fourth-order valence-corrected chi connectivity index (χ4v) is 1.12. The molecule has 0 unspecified atom stereocenters. The zero-order valence-electron chi connectivity index (χ0n) is 8.11. The lowest BCUT2D eigenvalue weighted by molar-refractivity contribution is 0.628. The Balaban J connectivity index is 2.66. The van der Waals surface area contributed by atoms with Crippen molar-refractivity contribution in [2.24, 2.45) is 0 Å². The normalized spacial score (nSPS) is 9.36. The molecule has 0 fully saturated rings. The van der Waals surface area contributed by atoms with Crippen molar-refractivity contribution in [3.05, 3.63) is 34.6 Å². The average molecular weight is 211 g/mol. The first-order valence-corrected chi connectivity index (χ1v) is 5.05. The smallest absolute Gasteiger partial charge is 0.143 e. The van der Waals surface area contributed by atoms with Crippen LogP contribution in [0.4, 0.5) is 4.39 Å². The molecule has 0 atom stereocenters. The lowest BCUT2D eigenvalue weighted by Crippen LogP contribution is -1.79. The van der Waals surface area contributed by atoms with E-state index in [4.69, 9.17) is 11.6 Å². The molecule has 0 saturated carbocycles. The maximum absolute atomic E-state index is 13.0. The van der Waals surface area contributed by atoms with E-state index in [1.807, 2.05) is 0 Å². The minimum absolute atomic E-state index is 0.143. The van der Waals surface area contributed by atoms with Gasteiger partial charge in [0.25, 0.3) is 0 Å². The molecule has 0 aliphatic carbocycles. The molecular weight excluding hydrogens is 199 g/mol. The summed E-state index contributed by atoms with van der Waals surface area (Å²) in [6.45, 7) is 2.11. The Morgan fingerprint density at radius 1 is 1.43 bits per heavy atom. The number of hydrogen-bond acceptors (Lipinski definition) is 0. The molecule has 1 aromatic rings. The van der Waals surface area contributed by atoms with E-state index < -0.39 is 5.82 Å². The van der Waals surface area contributed by atoms with E-state index in [0.29, 0.717) is 5.56 Å². The van der Waals surface area contributed by atoms with E-state index >= 15 is 0 Å². The number of rotatable bonds is 2. The van der Waals surface area contributed by atoms with Crippen molar-refractivity contribution in [3.63, 3.8) is 0 Å². The maximum Gasteiger partial charge on any atom is 0.143 e. The van der Waals surface area contributed by atoms with Gasteiger partial charge in [-0.25, -0.2) is 4.39 Å². The van der Waals surface area contributed by atoms with E-state index in [0.717, 1.165) is 19.3 Å². The molecule has 0 nitrogen and oxygen atoms in total. The van der Waals surface area contributed by atoms with Gasteiger partial charge in [-0.15, -0.1) is 0 Å². The van der Waals surface area contributed by atoms with E-state index in [1.54, 1.807) is 6.07 Å². The first-order valence-electron chi connectivity index (χ1n) is 4.68. The van der Waals surface area contributed by atoms with Crippen LogP contribution in [0.5, 0.6) is 0 Å². The molecule has 0 heterocycles. The fourth-order valence-electron chi connectivity index (χ4n) is 1.00. The average Bonchev–Trinajstić information content (AvgIpc) is 2.18. The van der Waals surface area contributed by atoms with Crippen molar-refractivity contribution in [1.29, 1.82) is 0 Å². The van der Waals surface area contributed by atoms with Gasteiger partial charge >= 0.3 is 0 Å². The summed E-state index contributed by atoms with van der Waals surface area (Å²) < 4.78 is 13.0. The molecular formula is C12H12ClF. The maximum atomic E-state index is 13.0. The van der Waals surface area contributed by atoms with Gasteiger partial charge in [-0.3, -0.25) is 0 Å². The third-order valence-corrected chi connectivity index (χ3v) is 2.11. The van der Waals surface area contributed by atoms with Crippen LogP contribution in [0.3, 0.4) is 0 Å². The molecule has 0 spiro atoms. The highest BCUT2D eigenvalue weighted by atomic mass is 35.5. The van der Waals surface area contributed by atoms with Gasteiger partial charge < -0.3 is 0 Å². The molecule has 0 aliphatic rings. The molecule has 0 N–H and O–H groups in total. The topological polar surface area (TPSA) is 0 Å². The highest BCUT2D eigenvalue weighted by Crippen LogP contribution is 2.14. The van der Waals surface area contributed by atoms with Gasteiger partial charge in [-0.1, -0.05) is 36.8 Å². The predicted octanol–water partition coefficient (Wildman–Crippen LogP) is 4.02. The zero-order chi connectivity index (χ0) is 10.4.